The van der Waals surface area contributed by atoms with E-state index in [1.54, 1.807) is 58.9 Å². The standard InChI is InChI=1S/C14H18FNO3.C14H20N2O4.H2O/c1-9(7-13(17)19-14(2,3)4)10-5-6-11(15)12(8-10)16-18;1-9(7-13(17)20-14(2,3)4)10-5-6-11(15)12(8-10)16(18)19;/h5-6,8-9H,7H2,1-4H3;5-6,8-9H,7,15H2,1-4H3;1H2. The first-order valence-electron chi connectivity index (χ1n) is 12.5. The molecule has 0 aromatic heterocycles. The second-order valence-electron chi connectivity index (χ2n) is 11.3. The number of nitro benzene ring substituents is 1. The molecule has 2 rings (SSSR count). The van der Waals surface area contributed by atoms with Crippen LogP contribution in [0.4, 0.5) is 21.5 Å². The molecule has 0 radical (unpaired) electrons. The van der Waals surface area contributed by atoms with Crippen LogP contribution in [-0.4, -0.2) is 33.5 Å². The lowest BCUT2D eigenvalue weighted by atomic mass is 9.97. The molecule has 4 N–H and O–H groups in total. The predicted octanol–water partition coefficient (Wildman–Crippen LogP) is 4.98. The lowest BCUT2D eigenvalue weighted by molar-refractivity contribution is -0.384. The van der Waals surface area contributed by atoms with Gasteiger partial charge in [-0.3, -0.25) is 19.7 Å². The summed E-state index contributed by atoms with van der Waals surface area (Å²) in [6, 6.07) is 8.77. The first kappa shape index (κ1) is 36.1. The first-order chi connectivity index (χ1) is 17.8. The quantitative estimate of drug-likeness (QED) is 0.193. The molecule has 222 valence electrons. The normalized spacial score (nSPS) is 12.5. The van der Waals surface area contributed by atoms with Gasteiger partial charge in [0.1, 0.15) is 16.9 Å². The number of esters is 2. The predicted molar refractivity (Wildman–Crippen MR) is 148 cm³/mol. The summed E-state index contributed by atoms with van der Waals surface area (Å²) in [7, 11) is 0. The molecule has 0 aliphatic rings. The van der Waals surface area contributed by atoms with Crippen LogP contribution in [0.5, 0.6) is 0 Å². The van der Waals surface area contributed by atoms with Gasteiger partial charge in [-0.25, -0.2) is 0 Å². The van der Waals surface area contributed by atoms with Crippen molar-refractivity contribution in [2.45, 2.75) is 91.3 Å². The fourth-order valence-electron chi connectivity index (χ4n) is 3.46. The number of hydrogen-bond acceptors (Lipinski definition) is 9. The van der Waals surface area contributed by atoms with Crippen LogP contribution in [0.15, 0.2) is 36.4 Å². The van der Waals surface area contributed by atoms with E-state index in [-0.39, 0.29) is 59.2 Å². The highest BCUT2D eigenvalue weighted by atomic mass is 19.1. The Morgan fingerprint density at radius 1 is 0.925 bits per heavy atom. The van der Waals surface area contributed by atoms with Crippen molar-refractivity contribution in [1.29, 1.82) is 0 Å². The van der Waals surface area contributed by atoms with Gasteiger partial charge in [0, 0.05) is 22.2 Å². The van der Waals surface area contributed by atoms with Gasteiger partial charge in [0.05, 0.1) is 17.8 Å². The molecule has 2 aromatic carbocycles. The molecule has 0 amide bonds. The Labute approximate surface area is 233 Å². The fourth-order valence-corrected chi connectivity index (χ4v) is 3.46. The molecule has 12 heteroatoms. The number of halogens is 1. The van der Waals surface area contributed by atoms with Crippen molar-refractivity contribution in [2.24, 2.45) is 0 Å². The number of carbonyl (C=O) groups is 2. The van der Waals surface area contributed by atoms with Crippen LogP contribution in [0.3, 0.4) is 0 Å². The lowest BCUT2D eigenvalue weighted by Gasteiger charge is -2.21. The van der Waals surface area contributed by atoms with Gasteiger partial charge >= 0.3 is 11.9 Å². The van der Waals surface area contributed by atoms with E-state index in [1.165, 1.54) is 24.3 Å². The molecular weight excluding hydrogens is 525 g/mol. The minimum absolute atomic E-state index is 0. The number of nitrogens with zero attached hydrogens (tertiary/aromatic N) is 1. The van der Waals surface area contributed by atoms with Crippen molar-refractivity contribution in [2.75, 3.05) is 5.73 Å². The molecule has 40 heavy (non-hydrogen) atoms. The Kier molecular flexibility index (Phi) is 13.5. The molecule has 0 bridgehead atoms. The second kappa shape index (κ2) is 15.0. The van der Waals surface area contributed by atoms with Gasteiger partial charge in [0.25, 0.3) is 11.4 Å². The van der Waals surface area contributed by atoms with Crippen molar-refractivity contribution < 1.29 is 39.0 Å². The van der Waals surface area contributed by atoms with Crippen LogP contribution >= 0.6 is 0 Å². The summed E-state index contributed by atoms with van der Waals surface area (Å²) in [5.41, 5.74) is 5.74. The molecule has 2 aromatic rings. The van der Waals surface area contributed by atoms with E-state index in [0.29, 0.717) is 11.1 Å². The number of nitrogens with two attached hydrogens (primary N) is 1. The molecule has 0 heterocycles. The average Bonchev–Trinajstić information content (AvgIpc) is 2.77. The van der Waals surface area contributed by atoms with E-state index in [9.17, 15) is 29.0 Å². The SMILES string of the molecule is CC(CC(=O)OC(C)(C)C)c1ccc(F)c([NH+]=O)c1.CC(CC(=O)OC(C)(C)C)c1ccc(N)c([N+](=O)[O-])c1.[OH-]. The van der Waals surface area contributed by atoms with Crippen molar-refractivity contribution in [3.8, 4) is 0 Å². The van der Waals surface area contributed by atoms with Crippen molar-refractivity contribution in [1.82, 2.24) is 0 Å². The number of rotatable bonds is 8. The molecule has 2 atom stereocenters. The van der Waals surface area contributed by atoms with Crippen LogP contribution in [-0.2, 0) is 19.1 Å². The Hall–Kier alpha value is -3.93. The number of anilines is 1. The van der Waals surface area contributed by atoms with E-state index in [4.69, 9.17) is 15.2 Å². The number of nitroso groups, excluding NO2 is 1. The van der Waals surface area contributed by atoms with Crippen LogP contribution in [0.25, 0.3) is 0 Å². The third kappa shape index (κ3) is 12.7. The Bertz CT molecular complexity index is 1190. The van der Waals surface area contributed by atoms with Gasteiger partial charge in [0.15, 0.2) is 5.82 Å². The Balaban J connectivity index is 0.000000743. The molecule has 0 fully saturated rings. The highest BCUT2D eigenvalue weighted by Crippen LogP contribution is 2.29. The summed E-state index contributed by atoms with van der Waals surface area (Å²) in [5, 5.41) is 12.4. The third-order valence-electron chi connectivity index (χ3n) is 5.28. The second-order valence-corrected chi connectivity index (χ2v) is 11.3. The number of nitrogen functional groups attached to an aromatic ring is 1. The average molecular weight is 566 g/mol. The van der Waals surface area contributed by atoms with Gasteiger partial charge in [-0.05, 0) is 76.6 Å². The summed E-state index contributed by atoms with van der Waals surface area (Å²) >= 11 is 0. The van der Waals surface area contributed by atoms with Gasteiger partial charge < -0.3 is 20.7 Å². The van der Waals surface area contributed by atoms with Crippen LogP contribution < -0.4 is 10.9 Å². The zero-order valence-corrected chi connectivity index (χ0v) is 24.2. The van der Waals surface area contributed by atoms with E-state index < -0.39 is 21.9 Å². The van der Waals surface area contributed by atoms with Crippen molar-refractivity contribution >= 4 is 29.0 Å². The Morgan fingerprint density at radius 2 is 1.35 bits per heavy atom. The van der Waals surface area contributed by atoms with E-state index >= 15 is 0 Å². The molecule has 11 nitrogen and oxygen atoms in total. The zero-order chi connectivity index (χ0) is 30.1. The number of hydrogen-bond donors (Lipinski definition) is 2. The van der Waals surface area contributed by atoms with Gasteiger partial charge in [-0.15, -0.1) is 0 Å². The maximum Gasteiger partial charge on any atom is 0.306 e. The highest BCUT2D eigenvalue weighted by molar-refractivity contribution is 5.71. The van der Waals surface area contributed by atoms with E-state index in [1.807, 2.05) is 13.8 Å². The van der Waals surface area contributed by atoms with Crippen molar-refractivity contribution in [3.63, 3.8) is 0 Å². The molecule has 0 aliphatic heterocycles. The summed E-state index contributed by atoms with van der Waals surface area (Å²) < 4.78 is 23.6. The summed E-state index contributed by atoms with van der Waals surface area (Å²) in [4.78, 5) is 44.3. The molecule has 0 saturated carbocycles. The van der Waals surface area contributed by atoms with E-state index in [0.717, 1.165) is 0 Å². The van der Waals surface area contributed by atoms with Crippen LogP contribution in [0.1, 0.15) is 91.2 Å². The maximum atomic E-state index is 13.2. The molecule has 2 unspecified atom stereocenters. The number of benzene rings is 2. The third-order valence-corrected chi connectivity index (χ3v) is 5.28. The van der Waals surface area contributed by atoms with Gasteiger partial charge in [-0.1, -0.05) is 26.0 Å². The summed E-state index contributed by atoms with van der Waals surface area (Å²) in [6.45, 7) is 14.4. The fraction of sp³-hybridized carbons (Fsp3) is 0.500. The van der Waals surface area contributed by atoms with Gasteiger partial charge in [0.2, 0.25) is 0 Å². The highest BCUT2D eigenvalue weighted by Gasteiger charge is 2.22. The minimum atomic E-state index is -0.608. The Morgan fingerprint density at radius 3 is 1.75 bits per heavy atom. The summed E-state index contributed by atoms with van der Waals surface area (Å²) in [5.74, 6) is -1.58. The van der Waals surface area contributed by atoms with Crippen LogP contribution in [0, 0.1) is 20.8 Å². The monoisotopic (exact) mass is 565 g/mol. The molecule has 0 saturated heterocycles. The maximum absolute atomic E-state index is 13.2. The van der Waals surface area contributed by atoms with Crippen molar-refractivity contribution in [3.05, 3.63) is 68.4 Å². The zero-order valence-electron chi connectivity index (χ0n) is 24.2. The summed E-state index contributed by atoms with van der Waals surface area (Å²) in [6.07, 6.45) is 0.347. The minimum Gasteiger partial charge on any atom is -0.870 e. The number of carbonyl (C=O) groups excluding carboxylic acids is 2. The number of nitro groups is 1. The van der Waals surface area contributed by atoms with Gasteiger partial charge in [-0.2, -0.15) is 4.39 Å². The number of ether oxygens (including phenoxy) is 2. The first-order valence-corrected chi connectivity index (χ1v) is 12.5. The topological polar surface area (TPSA) is 183 Å². The molecular formula is C28H40FN3O8. The van der Waals surface area contributed by atoms with Crippen LogP contribution in [0.2, 0.25) is 0 Å². The molecule has 0 spiro atoms. The number of nitrogens with one attached hydrogen (secondary N) is 1. The lowest BCUT2D eigenvalue weighted by Crippen LogP contribution is -2.56. The van der Waals surface area contributed by atoms with E-state index in [2.05, 4.69) is 0 Å². The smallest absolute Gasteiger partial charge is 0.306 e. The largest absolute Gasteiger partial charge is 0.870 e. The molecule has 0 aliphatic carbocycles.